The number of fused-ring (bicyclic) bond motifs is 1. The van der Waals surface area contributed by atoms with Gasteiger partial charge in [0.05, 0.1) is 6.10 Å². The first kappa shape index (κ1) is 11.6. The molecule has 1 aromatic carbocycles. The molecule has 1 aliphatic heterocycles. The van der Waals surface area contributed by atoms with E-state index in [9.17, 15) is 5.11 Å². The van der Waals surface area contributed by atoms with Crippen molar-refractivity contribution in [1.82, 2.24) is 0 Å². The molecular weight excluding hydrogens is 216 g/mol. The molecule has 2 unspecified atom stereocenters. The second kappa shape index (κ2) is 5.43. The van der Waals surface area contributed by atoms with E-state index < -0.39 is 0 Å². The predicted molar refractivity (Wildman–Crippen MR) is 68.6 cm³/mol. The summed E-state index contributed by atoms with van der Waals surface area (Å²) in [5.74, 6) is 7.17. The molecule has 1 heterocycles. The van der Waals surface area contributed by atoms with Gasteiger partial charge in [0.1, 0.15) is 0 Å². The van der Waals surface area contributed by atoms with Gasteiger partial charge in [-0.15, -0.1) is 23.6 Å². The number of benzene rings is 1. The van der Waals surface area contributed by atoms with Crippen LogP contribution < -0.4 is 0 Å². The molecule has 1 N–H and O–H groups in total. The molecule has 0 bridgehead atoms. The van der Waals surface area contributed by atoms with E-state index >= 15 is 0 Å². The van der Waals surface area contributed by atoms with Crippen LogP contribution in [0.3, 0.4) is 0 Å². The average molecular weight is 232 g/mol. The standard InChI is InChI=1S/C14H16OS/c1-2-3-4-8-13(15)12-10-16-14-9-6-5-7-11(12)14/h5-7,9,12-13,15H,4,8,10H2,1H3. The van der Waals surface area contributed by atoms with E-state index in [-0.39, 0.29) is 6.10 Å². The first-order valence-electron chi connectivity index (χ1n) is 5.62. The van der Waals surface area contributed by atoms with E-state index in [1.54, 1.807) is 0 Å². The van der Waals surface area contributed by atoms with Gasteiger partial charge in [-0.1, -0.05) is 18.2 Å². The second-order valence-electron chi connectivity index (χ2n) is 3.99. The highest BCUT2D eigenvalue weighted by atomic mass is 32.2. The Bertz CT molecular complexity index is 416. The highest BCUT2D eigenvalue weighted by Gasteiger charge is 2.28. The molecular formula is C14H16OS. The minimum absolute atomic E-state index is 0.253. The summed E-state index contributed by atoms with van der Waals surface area (Å²) < 4.78 is 0. The Morgan fingerprint density at radius 1 is 1.50 bits per heavy atom. The second-order valence-corrected chi connectivity index (χ2v) is 5.05. The maximum absolute atomic E-state index is 10.1. The van der Waals surface area contributed by atoms with Crippen LogP contribution in [0.15, 0.2) is 29.2 Å². The Morgan fingerprint density at radius 3 is 3.12 bits per heavy atom. The smallest absolute Gasteiger partial charge is 0.0626 e. The van der Waals surface area contributed by atoms with Crippen molar-refractivity contribution in [3.05, 3.63) is 29.8 Å². The molecule has 2 rings (SSSR count). The average Bonchev–Trinajstić information content (AvgIpc) is 2.73. The summed E-state index contributed by atoms with van der Waals surface area (Å²) >= 11 is 1.85. The van der Waals surface area contributed by atoms with Gasteiger partial charge in [-0.3, -0.25) is 0 Å². The SMILES string of the molecule is CC#CCCC(O)C1CSc2ccccc21. The van der Waals surface area contributed by atoms with Crippen molar-refractivity contribution in [3.63, 3.8) is 0 Å². The maximum atomic E-state index is 10.1. The van der Waals surface area contributed by atoms with E-state index in [4.69, 9.17) is 0 Å². The molecule has 2 heteroatoms. The van der Waals surface area contributed by atoms with E-state index in [0.29, 0.717) is 5.92 Å². The predicted octanol–water partition coefficient (Wildman–Crippen LogP) is 3.04. The maximum Gasteiger partial charge on any atom is 0.0626 e. The molecule has 1 aliphatic rings. The van der Waals surface area contributed by atoms with Crippen molar-refractivity contribution in [2.24, 2.45) is 0 Å². The van der Waals surface area contributed by atoms with E-state index in [0.717, 1.165) is 18.6 Å². The van der Waals surface area contributed by atoms with Crippen LogP contribution in [-0.2, 0) is 0 Å². The molecule has 0 fully saturated rings. The number of aliphatic hydroxyl groups is 1. The third kappa shape index (κ3) is 2.42. The Balaban J connectivity index is 2.03. The highest BCUT2D eigenvalue weighted by Crippen LogP contribution is 2.41. The number of rotatable bonds is 3. The lowest BCUT2D eigenvalue weighted by atomic mass is 9.93. The van der Waals surface area contributed by atoms with Crippen molar-refractivity contribution in [2.75, 3.05) is 5.75 Å². The zero-order valence-electron chi connectivity index (χ0n) is 9.44. The molecule has 0 saturated carbocycles. The molecule has 1 aromatic rings. The van der Waals surface area contributed by atoms with Crippen LogP contribution in [0, 0.1) is 11.8 Å². The third-order valence-corrected chi connectivity index (χ3v) is 4.15. The zero-order valence-corrected chi connectivity index (χ0v) is 10.3. The van der Waals surface area contributed by atoms with Crippen LogP contribution in [-0.4, -0.2) is 17.0 Å². The topological polar surface area (TPSA) is 20.2 Å². The van der Waals surface area contributed by atoms with Crippen LogP contribution in [0.2, 0.25) is 0 Å². The fourth-order valence-electron chi connectivity index (χ4n) is 2.05. The molecule has 2 atom stereocenters. The fraction of sp³-hybridized carbons (Fsp3) is 0.429. The molecule has 16 heavy (non-hydrogen) atoms. The van der Waals surface area contributed by atoms with Crippen molar-refractivity contribution in [3.8, 4) is 11.8 Å². The molecule has 1 nitrogen and oxygen atoms in total. The Morgan fingerprint density at radius 2 is 2.31 bits per heavy atom. The van der Waals surface area contributed by atoms with Gasteiger partial charge in [-0.2, -0.15) is 0 Å². The lowest BCUT2D eigenvalue weighted by molar-refractivity contribution is 0.143. The van der Waals surface area contributed by atoms with Gasteiger partial charge in [0, 0.05) is 23.0 Å². The molecule has 0 radical (unpaired) electrons. The van der Waals surface area contributed by atoms with Gasteiger partial charge in [0.25, 0.3) is 0 Å². The van der Waals surface area contributed by atoms with E-state index in [1.165, 1.54) is 10.5 Å². The molecule has 0 saturated heterocycles. The van der Waals surface area contributed by atoms with Crippen LogP contribution >= 0.6 is 11.8 Å². The number of hydrogen-bond acceptors (Lipinski definition) is 2. The first-order chi connectivity index (χ1) is 7.83. The summed E-state index contributed by atoms with van der Waals surface area (Å²) in [4.78, 5) is 1.33. The fourth-order valence-corrected chi connectivity index (χ4v) is 3.37. The first-order valence-corrected chi connectivity index (χ1v) is 6.61. The lowest BCUT2D eigenvalue weighted by Crippen LogP contribution is -2.18. The van der Waals surface area contributed by atoms with Gasteiger partial charge >= 0.3 is 0 Å². The molecule has 0 aliphatic carbocycles. The Hall–Kier alpha value is -0.910. The largest absolute Gasteiger partial charge is 0.392 e. The summed E-state index contributed by atoms with van der Waals surface area (Å²) in [6.07, 6.45) is 1.32. The molecule has 0 spiro atoms. The van der Waals surface area contributed by atoms with Crippen LogP contribution in [0.25, 0.3) is 0 Å². The summed E-state index contributed by atoms with van der Waals surface area (Å²) in [6.45, 7) is 1.84. The van der Waals surface area contributed by atoms with Crippen LogP contribution in [0.5, 0.6) is 0 Å². The summed E-state index contributed by atoms with van der Waals surface area (Å²) in [5, 5.41) is 10.1. The lowest BCUT2D eigenvalue weighted by Gasteiger charge is -2.17. The van der Waals surface area contributed by atoms with E-state index in [1.807, 2.05) is 18.7 Å². The highest BCUT2D eigenvalue weighted by molar-refractivity contribution is 7.99. The monoisotopic (exact) mass is 232 g/mol. The summed E-state index contributed by atoms with van der Waals surface area (Å²) in [7, 11) is 0. The zero-order chi connectivity index (χ0) is 11.4. The Kier molecular flexibility index (Phi) is 3.93. The molecule has 0 aromatic heterocycles. The van der Waals surface area contributed by atoms with Crippen LogP contribution in [0.4, 0.5) is 0 Å². The van der Waals surface area contributed by atoms with Crippen molar-refractivity contribution < 1.29 is 5.11 Å². The van der Waals surface area contributed by atoms with Crippen LogP contribution in [0.1, 0.15) is 31.2 Å². The minimum atomic E-state index is -0.253. The van der Waals surface area contributed by atoms with Crippen molar-refractivity contribution >= 4 is 11.8 Å². The Labute approximate surface area is 101 Å². The van der Waals surface area contributed by atoms with Gasteiger partial charge in [-0.05, 0) is 25.0 Å². The van der Waals surface area contributed by atoms with Crippen molar-refractivity contribution in [1.29, 1.82) is 0 Å². The van der Waals surface area contributed by atoms with Gasteiger partial charge < -0.3 is 5.11 Å². The van der Waals surface area contributed by atoms with Gasteiger partial charge in [0.15, 0.2) is 0 Å². The quantitative estimate of drug-likeness (QED) is 0.808. The normalized spacial score (nSPS) is 19.8. The van der Waals surface area contributed by atoms with Crippen molar-refractivity contribution in [2.45, 2.75) is 36.7 Å². The molecule has 0 amide bonds. The number of thioether (sulfide) groups is 1. The van der Waals surface area contributed by atoms with Gasteiger partial charge in [0.2, 0.25) is 0 Å². The minimum Gasteiger partial charge on any atom is -0.392 e. The van der Waals surface area contributed by atoms with E-state index in [2.05, 4.69) is 36.1 Å². The van der Waals surface area contributed by atoms with Gasteiger partial charge in [-0.25, -0.2) is 0 Å². The third-order valence-electron chi connectivity index (χ3n) is 2.94. The number of hydrogen-bond donors (Lipinski definition) is 1. The summed E-state index contributed by atoms with van der Waals surface area (Å²) in [6, 6.07) is 8.38. The molecule has 84 valence electrons. The summed E-state index contributed by atoms with van der Waals surface area (Å²) in [5.41, 5.74) is 1.31. The number of aliphatic hydroxyl groups excluding tert-OH is 1.